The number of hydrogen-bond acceptors (Lipinski definition) is 6. The summed E-state index contributed by atoms with van der Waals surface area (Å²) in [6.45, 7) is 6.59. The Morgan fingerprint density at radius 3 is 0.930 bits per heavy atom. The van der Waals surface area contributed by atoms with Gasteiger partial charge in [0.25, 0.3) is 0 Å². The zero-order valence-corrected chi connectivity index (χ0v) is 38.1. The van der Waals surface area contributed by atoms with Gasteiger partial charge >= 0.3 is 17.9 Å². The van der Waals surface area contributed by atoms with Gasteiger partial charge in [-0.2, -0.15) is 0 Å². The first-order chi connectivity index (χ1) is 28.0. The summed E-state index contributed by atoms with van der Waals surface area (Å²) < 4.78 is 16.7. The van der Waals surface area contributed by atoms with E-state index in [1.54, 1.807) is 0 Å². The maximum absolute atomic E-state index is 12.8. The molecular weight excluding hydrogens is 709 g/mol. The van der Waals surface area contributed by atoms with E-state index in [2.05, 4.69) is 45.1 Å². The highest BCUT2D eigenvalue weighted by Gasteiger charge is 2.19. The molecule has 0 heterocycles. The molecule has 0 saturated carbocycles. The van der Waals surface area contributed by atoms with Crippen molar-refractivity contribution in [3.8, 4) is 0 Å². The Hall–Kier alpha value is -2.11. The van der Waals surface area contributed by atoms with Gasteiger partial charge in [0.15, 0.2) is 6.10 Å². The van der Waals surface area contributed by atoms with Gasteiger partial charge in [-0.05, 0) is 64.2 Å². The van der Waals surface area contributed by atoms with E-state index in [1.807, 2.05) is 0 Å². The van der Waals surface area contributed by atoms with Gasteiger partial charge in [0.1, 0.15) is 13.2 Å². The normalized spacial score (nSPS) is 12.1. The molecule has 0 aliphatic carbocycles. The summed E-state index contributed by atoms with van der Waals surface area (Å²) >= 11 is 0. The van der Waals surface area contributed by atoms with Crippen molar-refractivity contribution in [3.63, 3.8) is 0 Å². The van der Waals surface area contributed by atoms with Gasteiger partial charge in [-0.15, -0.1) is 0 Å². The Bertz CT molecular complexity index is 927. The van der Waals surface area contributed by atoms with Gasteiger partial charge in [0.05, 0.1) is 0 Å². The molecule has 1 unspecified atom stereocenters. The molecule has 57 heavy (non-hydrogen) atoms. The number of allylic oxidation sites excluding steroid dienone is 4. The van der Waals surface area contributed by atoms with E-state index >= 15 is 0 Å². The summed E-state index contributed by atoms with van der Waals surface area (Å²) in [7, 11) is 0. The van der Waals surface area contributed by atoms with Crippen LogP contribution in [0.5, 0.6) is 0 Å². The molecule has 6 nitrogen and oxygen atoms in total. The molecule has 0 rings (SSSR count). The lowest BCUT2D eigenvalue weighted by Gasteiger charge is -2.18. The topological polar surface area (TPSA) is 78.9 Å². The molecule has 0 N–H and O–H groups in total. The summed E-state index contributed by atoms with van der Waals surface area (Å²) in [5.41, 5.74) is 0. The zero-order valence-electron chi connectivity index (χ0n) is 38.1. The number of unbranched alkanes of at least 4 members (excludes halogenated alkanes) is 30. The highest BCUT2D eigenvalue weighted by atomic mass is 16.6. The van der Waals surface area contributed by atoms with Gasteiger partial charge in [0.2, 0.25) is 0 Å². The monoisotopic (exact) mass is 803 g/mol. The Morgan fingerprint density at radius 2 is 0.596 bits per heavy atom. The molecule has 0 aromatic heterocycles. The summed E-state index contributed by atoms with van der Waals surface area (Å²) in [6, 6.07) is 0. The molecule has 0 amide bonds. The van der Waals surface area contributed by atoms with E-state index in [0.717, 1.165) is 70.6 Å². The minimum Gasteiger partial charge on any atom is -0.462 e. The fraction of sp³-hybridized carbons (Fsp3) is 0.863. The second-order valence-electron chi connectivity index (χ2n) is 16.7. The van der Waals surface area contributed by atoms with E-state index in [1.165, 1.54) is 154 Å². The molecule has 0 fully saturated rings. The first kappa shape index (κ1) is 54.9. The fourth-order valence-corrected chi connectivity index (χ4v) is 7.12. The number of carbonyl (C=O) groups is 3. The highest BCUT2D eigenvalue weighted by molar-refractivity contribution is 5.71. The zero-order chi connectivity index (χ0) is 41.5. The van der Waals surface area contributed by atoms with Crippen molar-refractivity contribution in [2.24, 2.45) is 0 Å². The first-order valence-electron chi connectivity index (χ1n) is 24.8. The van der Waals surface area contributed by atoms with Crippen molar-refractivity contribution in [2.75, 3.05) is 13.2 Å². The van der Waals surface area contributed by atoms with Gasteiger partial charge < -0.3 is 14.2 Å². The van der Waals surface area contributed by atoms with E-state index in [-0.39, 0.29) is 31.1 Å². The third-order valence-electron chi connectivity index (χ3n) is 10.9. The van der Waals surface area contributed by atoms with Crippen LogP contribution in [0, 0.1) is 0 Å². The van der Waals surface area contributed by atoms with Crippen LogP contribution in [-0.2, 0) is 28.6 Å². The van der Waals surface area contributed by atoms with Crippen molar-refractivity contribution in [1.82, 2.24) is 0 Å². The Kier molecular flexibility index (Phi) is 44.9. The van der Waals surface area contributed by atoms with Gasteiger partial charge in [-0.25, -0.2) is 0 Å². The van der Waals surface area contributed by atoms with Gasteiger partial charge in [-0.1, -0.05) is 206 Å². The average molecular weight is 803 g/mol. The molecule has 0 spiro atoms. The minimum absolute atomic E-state index is 0.0750. The van der Waals surface area contributed by atoms with Crippen molar-refractivity contribution >= 4 is 17.9 Å². The Morgan fingerprint density at radius 1 is 0.333 bits per heavy atom. The van der Waals surface area contributed by atoms with E-state index in [4.69, 9.17) is 14.2 Å². The van der Waals surface area contributed by atoms with Crippen LogP contribution in [-0.4, -0.2) is 37.2 Å². The molecule has 0 aromatic rings. The number of hydrogen-bond donors (Lipinski definition) is 0. The second kappa shape index (κ2) is 46.6. The lowest BCUT2D eigenvalue weighted by Crippen LogP contribution is -2.30. The van der Waals surface area contributed by atoms with Crippen molar-refractivity contribution in [1.29, 1.82) is 0 Å². The number of ether oxygens (including phenoxy) is 3. The molecular formula is C51H94O6. The van der Waals surface area contributed by atoms with Crippen molar-refractivity contribution in [3.05, 3.63) is 24.3 Å². The van der Waals surface area contributed by atoms with E-state index in [0.29, 0.717) is 19.3 Å². The van der Waals surface area contributed by atoms with Crippen LogP contribution < -0.4 is 0 Å². The Balaban J connectivity index is 4.36. The smallest absolute Gasteiger partial charge is 0.306 e. The molecule has 0 saturated heterocycles. The molecule has 0 aliphatic heterocycles. The van der Waals surface area contributed by atoms with Crippen LogP contribution >= 0.6 is 0 Å². The van der Waals surface area contributed by atoms with Crippen molar-refractivity contribution in [2.45, 2.75) is 271 Å². The van der Waals surface area contributed by atoms with Crippen LogP contribution in [0.1, 0.15) is 265 Å². The third-order valence-corrected chi connectivity index (χ3v) is 10.9. The molecule has 334 valence electrons. The molecule has 0 aliphatic rings. The van der Waals surface area contributed by atoms with Gasteiger partial charge in [-0.3, -0.25) is 14.4 Å². The number of carbonyl (C=O) groups excluding carboxylic acids is 3. The first-order valence-corrected chi connectivity index (χ1v) is 24.8. The van der Waals surface area contributed by atoms with Crippen LogP contribution in [0.4, 0.5) is 0 Å². The maximum Gasteiger partial charge on any atom is 0.306 e. The Labute approximate surface area is 353 Å². The minimum atomic E-state index is -0.771. The van der Waals surface area contributed by atoms with Crippen LogP contribution in [0.2, 0.25) is 0 Å². The molecule has 1 atom stereocenters. The second-order valence-corrected chi connectivity index (χ2v) is 16.7. The summed E-state index contributed by atoms with van der Waals surface area (Å²) in [6.07, 6.45) is 51.5. The van der Waals surface area contributed by atoms with Crippen LogP contribution in [0.3, 0.4) is 0 Å². The lowest BCUT2D eigenvalue weighted by atomic mass is 10.0. The third kappa shape index (κ3) is 44.8. The molecule has 0 radical (unpaired) electrons. The van der Waals surface area contributed by atoms with Crippen LogP contribution in [0.15, 0.2) is 24.3 Å². The SMILES string of the molecule is CCCC/C=C\CCCCCCCC(=O)OCC(COC(=O)CCCCCCC/C=C\CCCCCCC)OC(=O)CCCCCCCCCCCCCCCC. The lowest BCUT2D eigenvalue weighted by molar-refractivity contribution is -0.167. The standard InChI is InChI=1S/C51H94O6/c1-4-7-10-13-16-19-22-24-26-29-32-35-38-41-44-50(53)56-47-48(46-55-49(52)43-40-37-34-31-28-21-18-15-12-9-6-3)57-51(54)45-42-39-36-33-30-27-25-23-20-17-14-11-8-5-2/h15,18,22,24,48H,4-14,16-17,19-21,23,25-47H2,1-3H3/b18-15-,24-22-. The maximum atomic E-state index is 12.8. The largest absolute Gasteiger partial charge is 0.462 e. The summed E-state index contributed by atoms with van der Waals surface area (Å²) in [5.74, 6) is -0.883. The molecule has 0 bridgehead atoms. The summed E-state index contributed by atoms with van der Waals surface area (Å²) in [4.78, 5) is 37.8. The van der Waals surface area contributed by atoms with E-state index in [9.17, 15) is 14.4 Å². The predicted octanol–water partition coefficient (Wildman–Crippen LogP) is 16.0. The van der Waals surface area contributed by atoms with Crippen LogP contribution in [0.25, 0.3) is 0 Å². The number of rotatable bonds is 45. The summed E-state index contributed by atoms with van der Waals surface area (Å²) in [5, 5.41) is 0. The number of esters is 3. The van der Waals surface area contributed by atoms with E-state index < -0.39 is 6.10 Å². The quantitative estimate of drug-likeness (QED) is 0.0264. The fourth-order valence-electron chi connectivity index (χ4n) is 7.12. The highest BCUT2D eigenvalue weighted by Crippen LogP contribution is 2.15. The average Bonchev–Trinajstić information content (AvgIpc) is 3.21. The van der Waals surface area contributed by atoms with Gasteiger partial charge in [0, 0.05) is 19.3 Å². The molecule has 6 heteroatoms. The predicted molar refractivity (Wildman–Crippen MR) is 243 cm³/mol. The molecule has 0 aromatic carbocycles. The van der Waals surface area contributed by atoms with Crippen molar-refractivity contribution < 1.29 is 28.6 Å².